The predicted octanol–water partition coefficient (Wildman–Crippen LogP) is 4.45. The first-order valence-corrected chi connectivity index (χ1v) is 9.46. The molecule has 0 saturated carbocycles. The number of ketones is 1. The van der Waals surface area contributed by atoms with Crippen molar-refractivity contribution in [1.29, 1.82) is 0 Å². The van der Waals surface area contributed by atoms with Crippen molar-refractivity contribution in [3.05, 3.63) is 54.1 Å². The first-order chi connectivity index (χ1) is 12.3. The van der Waals surface area contributed by atoms with Gasteiger partial charge in [-0.05, 0) is 43.5 Å². The van der Waals surface area contributed by atoms with Crippen molar-refractivity contribution in [3.63, 3.8) is 0 Å². The second-order valence-corrected chi connectivity index (χ2v) is 7.26. The van der Waals surface area contributed by atoms with Gasteiger partial charge in [0.05, 0.1) is 0 Å². The number of anilines is 1. The lowest BCUT2D eigenvalue weighted by atomic mass is 9.83. The van der Waals surface area contributed by atoms with Crippen molar-refractivity contribution < 1.29 is 4.79 Å². The molecule has 3 fully saturated rings. The van der Waals surface area contributed by atoms with Crippen LogP contribution >= 0.6 is 0 Å². The van der Waals surface area contributed by atoms with E-state index in [1.54, 1.807) is 0 Å². The average Bonchev–Trinajstić information content (AvgIpc) is 2.69. The molecule has 0 amide bonds. The summed E-state index contributed by atoms with van der Waals surface area (Å²) < 4.78 is 0. The van der Waals surface area contributed by atoms with Gasteiger partial charge in [-0.1, -0.05) is 49.4 Å². The standard InChI is InChI=1S/C22H26N2O/c1-2-21(25)18-9-6-10-19(22(18)17-7-4-3-5-8-17)23-20-15-24-13-11-16(20)12-14-24/h3-10,16,20,23H,2,11-15H2,1H3. The molecule has 3 nitrogen and oxygen atoms in total. The van der Waals surface area contributed by atoms with E-state index in [1.807, 2.05) is 37.3 Å². The maximum Gasteiger partial charge on any atom is 0.163 e. The quantitative estimate of drug-likeness (QED) is 0.820. The highest BCUT2D eigenvalue weighted by Gasteiger charge is 2.34. The molecule has 1 atom stereocenters. The maximum absolute atomic E-state index is 12.5. The number of hydrogen-bond donors (Lipinski definition) is 1. The number of piperidine rings is 3. The normalized spacial score (nSPS) is 24.9. The highest BCUT2D eigenvalue weighted by Crippen LogP contribution is 2.36. The molecule has 3 heterocycles. The lowest BCUT2D eigenvalue weighted by molar-refractivity contribution is 0.0974. The van der Waals surface area contributed by atoms with E-state index in [4.69, 9.17) is 0 Å². The van der Waals surface area contributed by atoms with Gasteiger partial charge in [-0.25, -0.2) is 0 Å². The molecule has 3 saturated heterocycles. The van der Waals surface area contributed by atoms with Crippen molar-refractivity contribution in [2.75, 3.05) is 25.0 Å². The van der Waals surface area contributed by atoms with Gasteiger partial charge in [-0.3, -0.25) is 4.79 Å². The van der Waals surface area contributed by atoms with Gasteiger partial charge >= 0.3 is 0 Å². The van der Waals surface area contributed by atoms with Crippen LogP contribution in [0, 0.1) is 5.92 Å². The van der Waals surface area contributed by atoms with E-state index in [0.717, 1.165) is 34.8 Å². The second-order valence-electron chi connectivity index (χ2n) is 7.26. The van der Waals surface area contributed by atoms with Gasteiger partial charge in [-0.15, -0.1) is 0 Å². The number of nitrogens with zero attached hydrogens (tertiary/aromatic N) is 1. The number of carbonyl (C=O) groups excluding carboxylic acids is 1. The third kappa shape index (κ3) is 3.21. The van der Waals surface area contributed by atoms with E-state index in [1.165, 1.54) is 25.9 Å². The van der Waals surface area contributed by atoms with Crippen LogP contribution in [0.4, 0.5) is 5.69 Å². The number of fused-ring (bicyclic) bond motifs is 3. The Balaban J connectivity index is 1.73. The summed E-state index contributed by atoms with van der Waals surface area (Å²) in [4.78, 5) is 15.1. The highest BCUT2D eigenvalue weighted by molar-refractivity contribution is 6.05. The van der Waals surface area contributed by atoms with Crippen LogP contribution in [0.1, 0.15) is 36.5 Å². The van der Waals surface area contributed by atoms with Crippen molar-refractivity contribution >= 4 is 11.5 Å². The smallest absolute Gasteiger partial charge is 0.163 e. The molecule has 2 aromatic rings. The zero-order chi connectivity index (χ0) is 17.2. The zero-order valence-electron chi connectivity index (χ0n) is 14.9. The predicted molar refractivity (Wildman–Crippen MR) is 103 cm³/mol. The van der Waals surface area contributed by atoms with Crippen LogP contribution < -0.4 is 5.32 Å². The Morgan fingerprint density at radius 3 is 2.48 bits per heavy atom. The summed E-state index contributed by atoms with van der Waals surface area (Å²) in [6, 6.07) is 16.9. The first kappa shape index (κ1) is 16.3. The molecule has 3 heteroatoms. The van der Waals surface area contributed by atoms with Crippen LogP contribution in [0.2, 0.25) is 0 Å². The fourth-order valence-corrected chi connectivity index (χ4v) is 4.34. The van der Waals surface area contributed by atoms with Crippen LogP contribution in [0.3, 0.4) is 0 Å². The third-order valence-electron chi connectivity index (χ3n) is 5.75. The summed E-state index contributed by atoms with van der Waals surface area (Å²) in [7, 11) is 0. The molecule has 5 rings (SSSR count). The summed E-state index contributed by atoms with van der Waals surface area (Å²) in [5.74, 6) is 0.954. The number of Topliss-reactive ketones (excluding diaryl/α,β-unsaturated/α-hetero) is 1. The van der Waals surface area contributed by atoms with E-state index in [-0.39, 0.29) is 5.78 Å². The molecule has 1 unspecified atom stereocenters. The Bertz CT molecular complexity index is 748. The molecule has 2 aromatic carbocycles. The lowest BCUT2D eigenvalue weighted by Crippen LogP contribution is -2.53. The minimum absolute atomic E-state index is 0.205. The first-order valence-electron chi connectivity index (χ1n) is 9.46. The molecule has 2 bridgehead atoms. The molecular formula is C22H26N2O. The Labute approximate surface area is 150 Å². The van der Waals surface area contributed by atoms with Crippen molar-refractivity contribution in [2.24, 2.45) is 5.92 Å². The molecule has 1 N–H and O–H groups in total. The molecule has 0 radical (unpaired) electrons. The minimum Gasteiger partial charge on any atom is -0.380 e. The topological polar surface area (TPSA) is 32.3 Å². The van der Waals surface area contributed by atoms with Gasteiger partial charge in [0, 0.05) is 35.8 Å². The number of rotatable bonds is 5. The molecule has 25 heavy (non-hydrogen) atoms. The molecule has 3 aliphatic heterocycles. The number of carbonyl (C=O) groups is 1. The van der Waals surface area contributed by atoms with Crippen LogP contribution in [0.5, 0.6) is 0 Å². The van der Waals surface area contributed by atoms with Gasteiger partial charge < -0.3 is 10.2 Å². The van der Waals surface area contributed by atoms with E-state index in [2.05, 4.69) is 28.4 Å². The third-order valence-corrected chi connectivity index (χ3v) is 5.75. The van der Waals surface area contributed by atoms with Crippen LogP contribution in [0.25, 0.3) is 11.1 Å². The SMILES string of the molecule is CCC(=O)c1cccc(NC2CN3CCC2CC3)c1-c1ccccc1. The van der Waals surface area contributed by atoms with Gasteiger partial charge in [0.2, 0.25) is 0 Å². The Morgan fingerprint density at radius 1 is 1.08 bits per heavy atom. The highest BCUT2D eigenvalue weighted by atomic mass is 16.1. The van der Waals surface area contributed by atoms with Crippen molar-refractivity contribution in [3.8, 4) is 11.1 Å². The summed E-state index contributed by atoms with van der Waals surface area (Å²) in [5.41, 5.74) is 4.11. The van der Waals surface area contributed by atoms with E-state index < -0.39 is 0 Å². The van der Waals surface area contributed by atoms with Crippen molar-refractivity contribution in [1.82, 2.24) is 4.90 Å². The fourth-order valence-electron chi connectivity index (χ4n) is 4.34. The molecule has 0 spiro atoms. The summed E-state index contributed by atoms with van der Waals surface area (Å²) in [5, 5.41) is 3.80. The minimum atomic E-state index is 0.205. The van der Waals surface area contributed by atoms with E-state index in [0.29, 0.717) is 12.5 Å². The van der Waals surface area contributed by atoms with E-state index in [9.17, 15) is 4.79 Å². The van der Waals surface area contributed by atoms with Gasteiger partial charge in [-0.2, -0.15) is 0 Å². The van der Waals surface area contributed by atoms with Gasteiger partial charge in [0.1, 0.15) is 0 Å². The number of benzene rings is 2. The number of nitrogens with one attached hydrogen (secondary N) is 1. The Morgan fingerprint density at radius 2 is 1.84 bits per heavy atom. The van der Waals surface area contributed by atoms with Gasteiger partial charge in [0.25, 0.3) is 0 Å². The van der Waals surface area contributed by atoms with Crippen LogP contribution in [-0.4, -0.2) is 36.4 Å². The molecule has 130 valence electrons. The second kappa shape index (κ2) is 7.01. The molecule has 0 aromatic heterocycles. The Hall–Kier alpha value is -2.13. The summed E-state index contributed by atoms with van der Waals surface area (Å²) in [6.07, 6.45) is 3.10. The monoisotopic (exact) mass is 334 g/mol. The zero-order valence-corrected chi connectivity index (χ0v) is 14.9. The maximum atomic E-state index is 12.5. The van der Waals surface area contributed by atoms with E-state index >= 15 is 0 Å². The van der Waals surface area contributed by atoms with Crippen LogP contribution in [0.15, 0.2) is 48.5 Å². The average molecular weight is 334 g/mol. The summed E-state index contributed by atoms with van der Waals surface area (Å²) in [6.45, 7) is 5.53. The number of hydrogen-bond acceptors (Lipinski definition) is 3. The fraction of sp³-hybridized carbons (Fsp3) is 0.409. The molecule has 3 aliphatic rings. The van der Waals surface area contributed by atoms with Gasteiger partial charge in [0.15, 0.2) is 5.78 Å². The lowest BCUT2D eigenvalue weighted by Gasteiger charge is -2.45. The van der Waals surface area contributed by atoms with Crippen LogP contribution in [-0.2, 0) is 0 Å². The summed E-state index contributed by atoms with van der Waals surface area (Å²) >= 11 is 0. The largest absolute Gasteiger partial charge is 0.380 e. The molecular weight excluding hydrogens is 308 g/mol. The molecule has 0 aliphatic carbocycles. The van der Waals surface area contributed by atoms with Crippen molar-refractivity contribution in [2.45, 2.75) is 32.2 Å². The Kier molecular flexibility index (Phi) is 4.58.